The van der Waals surface area contributed by atoms with Crippen LogP contribution in [0.15, 0.2) is 29.3 Å². The van der Waals surface area contributed by atoms with Crippen molar-refractivity contribution in [1.29, 1.82) is 0 Å². The highest BCUT2D eigenvalue weighted by Gasteiger charge is 2.35. The van der Waals surface area contributed by atoms with Crippen LogP contribution in [0.1, 0.15) is 30.0 Å². The number of phenols is 1. The maximum atomic E-state index is 12.7. The standard InChI is InChI=1S/C12H13BrF3NO/c1-2-3-4-10(17)8-5-7(13)6-9(11(8)18)12(14,15)16/h2,5-6,10,18H,1,3-4,17H2/t10-/m0/s1. The molecule has 0 bridgehead atoms. The Balaban J connectivity index is 3.20. The van der Waals surface area contributed by atoms with Gasteiger partial charge in [-0.1, -0.05) is 22.0 Å². The molecule has 0 aromatic heterocycles. The molecule has 0 spiro atoms. The molecular weight excluding hydrogens is 311 g/mol. The average molecular weight is 324 g/mol. The highest BCUT2D eigenvalue weighted by atomic mass is 79.9. The molecular formula is C12H13BrF3NO. The molecule has 0 fully saturated rings. The number of hydrogen-bond donors (Lipinski definition) is 2. The molecule has 0 unspecified atom stereocenters. The molecule has 1 atom stereocenters. The van der Waals surface area contributed by atoms with Crippen LogP contribution in [0.4, 0.5) is 13.2 Å². The van der Waals surface area contributed by atoms with E-state index < -0.39 is 23.5 Å². The number of halogens is 4. The summed E-state index contributed by atoms with van der Waals surface area (Å²) in [5, 5.41) is 9.67. The Morgan fingerprint density at radius 3 is 2.56 bits per heavy atom. The first-order chi connectivity index (χ1) is 8.27. The fourth-order valence-electron chi connectivity index (χ4n) is 1.57. The van der Waals surface area contributed by atoms with Gasteiger partial charge in [-0.25, -0.2) is 0 Å². The number of nitrogens with two attached hydrogens (primary N) is 1. The maximum Gasteiger partial charge on any atom is 0.420 e. The molecule has 0 heterocycles. The minimum atomic E-state index is -4.61. The van der Waals surface area contributed by atoms with Crippen LogP contribution in [0.25, 0.3) is 0 Å². The van der Waals surface area contributed by atoms with E-state index in [1.54, 1.807) is 6.08 Å². The van der Waals surface area contributed by atoms with Crippen molar-refractivity contribution in [3.8, 4) is 5.75 Å². The van der Waals surface area contributed by atoms with E-state index in [0.717, 1.165) is 6.07 Å². The number of rotatable bonds is 4. The van der Waals surface area contributed by atoms with E-state index in [4.69, 9.17) is 5.73 Å². The lowest BCUT2D eigenvalue weighted by atomic mass is 9.99. The van der Waals surface area contributed by atoms with Crippen LogP contribution in [-0.4, -0.2) is 5.11 Å². The Morgan fingerprint density at radius 1 is 1.44 bits per heavy atom. The molecule has 1 aromatic rings. The minimum Gasteiger partial charge on any atom is -0.507 e. The minimum absolute atomic E-state index is 0.0820. The summed E-state index contributed by atoms with van der Waals surface area (Å²) in [4.78, 5) is 0. The van der Waals surface area contributed by atoms with Gasteiger partial charge < -0.3 is 10.8 Å². The van der Waals surface area contributed by atoms with Gasteiger partial charge >= 0.3 is 6.18 Å². The van der Waals surface area contributed by atoms with Crippen LogP contribution in [-0.2, 0) is 6.18 Å². The molecule has 0 amide bonds. The Hall–Kier alpha value is -1.01. The lowest BCUT2D eigenvalue weighted by molar-refractivity contribution is -0.138. The zero-order valence-electron chi connectivity index (χ0n) is 9.47. The van der Waals surface area contributed by atoms with Crippen LogP contribution < -0.4 is 5.73 Å². The summed E-state index contributed by atoms with van der Waals surface area (Å²) in [5.74, 6) is -0.803. The third-order valence-corrected chi connectivity index (χ3v) is 2.95. The van der Waals surface area contributed by atoms with Crippen LogP contribution in [0, 0.1) is 0 Å². The van der Waals surface area contributed by atoms with Crippen molar-refractivity contribution in [1.82, 2.24) is 0 Å². The topological polar surface area (TPSA) is 46.2 Å². The Kier molecular flexibility index (Phi) is 4.81. The second-order valence-electron chi connectivity index (χ2n) is 3.86. The largest absolute Gasteiger partial charge is 0.507 e. The van der Waals surface area contributed by atoms with Crippen molar-refractivity contribution in [2.75, 3.05) is 0 Å². The molecule has 100 valence electrons. The van der Waals surface area contributed by atoms with Gasteiger partial charge in [-0.2, -0.15) is 13.2 Å². The Morgan fingerprint density at radius 2 is 2.06 bits per heavy atom. The highest BCUT2D eigenvalue weighted by molar-refractivity contribution is 9.10. The van der Waals surface area contributed by atoms with E-state index in [2.05, 4.69) is 22.5 Å². The van der Waals surface area contributed by atoms with Crippen molar-refractivity contribution in [3.63, 3.8) is 0 Å². The number of alkyl halides is 3. The summed E-state index contributed by atoms with van der Waals surface area (Å²) >= 11 is 2.99. The Labute approximate surface area is 111 Å². The monoisotopic (exact) mass is 323 g/mol. The molecule has 1 rings (SSSR count). The summed E-state index contributed by atoms with van der Waals surface area (Å²) in [5.41, 5.74) is 4.77. The van der Waals surface area contributed by atoms with Gasteiger partial charge in [-0.3, -0.25) is 0 Å². The van der Waals surface area contributed by atoms with Crippen LogP contribution in [0.5, 0.6) is 5.75 Å². The second kappa shape index (κ2) is 5.75. The SMILES string of the molecule is C=CCC[C@H](N)c1cc(Br)cc(C(F)(F)F)c1O. The molecule has 1 aromatic carbocycles. The first-order valence-electron chi connectivity index (χ1n) is 5.23. The van der Waals surface area contributed by atoms with Crippen molar-refractivity contribution >= 4 is 15.9 Å². The van der Waals surface area contributed by atoms with Gasteiger partial charge in [0.15, 0.2) is 0 Å². The molecule has 0 aliphatic rings. The Bertz CT molecular complexity index is 446. The first-order valence-corrected chi connectivity index (χ1v) is 6.02. The van der Waals surface area contributed by atoms with Crippen molar-refractivity contribution in [3.05, 3.63) is 40.4 Å². The summed E-state index contributed by atoms with van der Waals surface area (Å²) in [6.07, 6.45) is -2.00. The van der Waals surface area contributed by atoms with E-state index >= 15 is 0 Å². The average Bonchev–Trinajstić information content (AvgIpc) is 2.27. The molecule has 2 nitrogen and oxygen atoms in total. The predicted molar refractivity (Wildman–Crippen MR) is 67.2 cm³/mol. The summed E-state index contributed by atoms with van der Waals surface area (Å²) in [7, 11) is 0. The molecule has 0 saturated carbocycles. The quantitative estimate of drug-likeness (QED) is 0.818. The smallest absolute Gasteiger partial charge is 0.420 e. The van der Waals surface area contributed by atoms with Gasteiger partial charge in [0, 0.05) is 16.1 Å². The van der Waals surface area contributed by atoms with Gasteiger partial charge in [0.05, 0.1) is 5.56 Å². The second-order valence-corrected chi connectivity index (χ2v) is 4.78. The third kappa shape index (κ3) is 3.49. The first kappa shape index (κ1) is 15.0. The normalized spacial score (nSPS) is 13.4. The van der Waals surface area contributed by atoms with Crippen molar-refractivity contribution in [2.24, 2.45) is 5.73 Å². The molecule has 3 N–H and O–H groups in total. The number of benzene rings is 1. The lowest BCUT2D eigenvalue weighted by Gasteiger charge is -2.17. The molecule has 0 aliphatic heterocycles. The van der Waals surface area contributed by atoms with Crippen LogP contribution in [0.2, 0.25) is 0 Å². The van der Waals surface area contributed by atoms with E-state index in [-0.39, 0.29) is 10.0 Å². The maximum absolute atomic E-state index is 12.7. The molecule has 0 radical (unpaired) electrons. The van der Waals surface area contributed by atoms with Gasteiger partial charge in [0.2, 0.25) is 0 Å². The van der Waals surface area contributed by atoms with Gasteiger partial charge in [0.25, 0.3) is 0 Å². The zero-order chi connectivity index (χ0) is 13.9. The molecule has 0 saturated heterocycles. The summed E-state index contributed by atoms with van der Waals surface area (Å²) in [6.45, 7) is 3.52. The number of aromatic hydroxyl groups is 1. The van der Waals surface area contributed by atoms with Gasteiger partial charge in [-0.05, 0) is 25.0 Å². The van der Waals surface area contributed by atoms with Crippen LogP contribution in [0.3, 0.4) is 0 Å². The van der Waals surface area contributed by atoms with E-state index in [9.17, 15) is 18.3 Å². The van der Waals surface area contributed by atoms with Crippen LogP contribution >= 0.6 is 15.9 Å². The molecule has 6 heteroatoms. The zero-order valence-corrected chi connectivity index (χ0v) is 11.1. The van der Waals surface area contributed by atoms with E-state index in [0.29, 0.717) is 12.8 Å². The lowest BCUT2D eigenvalue weighted by Crippen LogP contribution is -2.13. The van der Waals surface area contributed by atoms with Crippen molar-refractivity contribution < 1.29 is 18.3 Å². The summed E-state index contributed by atoms with van der Waals surface area (Å²) in [6, 6.07) is 1.57. The number of phenolic OH excluding ortho intramolecular Hbond substituents is 1. The van der Waals surface area contributed by atoms with Gasteiger partial charge in [-0.15, -0.1) is 6.58 Å². The fraction of sp³-hybridized carbons (Fsp3) is 0.333. The summed E-state index contributed by atoms with van der Waals surface area (Å²) < 4.78 is 38.3. The van der Waals surface area contributed by atoms with E-state index in [1.165, 1.54) is 6.07 Å². The third-order valence-electron chi connectivity index (χ3n) is 2.49. The van der Waals surface area contributed by atoms with E-state index in [1.807, 2.05) is 0 Å². The predicted octanol–water partition coefficient (Wildman–Crippen LogP) is 4.14. The molecule has 0 aliphatic carbocycles. The highest BCUT2D eigenvalue weighted by Crippen LogP contribution is 2.41. The number of hydrogen-bond acceptors (Lipinski definition) is 2. The fourth-order valence-corrected chi connectivity index (χ4v) is 2.05. The van der Waals surface area contributed by atoms with Crippen molar-refractivity contribution in [2.45, 2.75) is 25.1 Å². The molecule has 18 heavy (non-hydrogen) atoms. The van der Waals surface area contributed by atoms with Gasteiger partial charge in [0.1, 0.15) is 5.75 Å². The number of allylic oxidation sites excluding steroid dienone is 1.